The molecule has 0 aliphatic heterocycles. The average molecular weight is 321 g/mol. The van der Waals surface area contributed by atoms with Crippen LogP contribution in [-0.2, 0) is 16.6 Å². The predicted molar refractivity (Wildman–Crippen MR) is 73.1 cm³/mol. The Morgan fingerprint density at radius 1 is 1.38 bits per heavy atom. The number of rotatable bonds is 5. The summed E-state index contributed by atoms with van der Waals surface area (Å²) < 4.78 is 57.5. The fraction of sp³-hybridized carbons (Fsp3) is 0.538. The monoisotopic (exact) mass is 321 g/mol. The maximum Gasteiger partial charge on any atom is 0.351 e. The van der Waals surface area contributed by atoms with Crippen LogP contribution < -0.4 is 0 Å². The van der Waals surface area contributed by atoms with Crippen LogP contribution in [0.5, 0.6) is 0 Å². The van der Waals surface area contributed by atoms with Gasteiger partial charge in [0, 0.05) is 17.9 Å². The summed E-state index contributed by atoms with van der Waals surface area (Å²) in [6, 6.07) is 2.22. The van der Waals surface area contributed by atoms with Crippen molar-refractivity contribution in [2.24, 2.45) is 4.36 Å². The van der Waals surface area contributed by atoms with E-state index in [1.807, 2.05) is 0 Å². The number of alkyl halides is 4. The molecule has 1 rings (SSSR count). The molecule has 2 unspecified atom stereocenters. The first kappa shape index (κ1) is 17.6. The van der Waals surface area contributed by atoms with Gasteiger partial charge in [0.1, 0.15) is 5.69 Å². The van der Waals surface area contributed by atoms with Crippen molar-refractivity contribution in [2.75, 3.05) is 6.26 Å². The molecule has 0 N–H and O–H groups in total. The van der Waals surface area contributed by atoms with Crippen LogP contribution >= 0.6 is 0 Å². The Hall–Kier alpha value is -1.49. The number of hydrogen-bond acceptors (Lipinski definition) is 3. The zero-order chi connectivity index (χ0) is 16.3. The largest absolute Gasteiger partial charge is 0.351 e. The first-order valence-electron chi connectivity index (χ1n) is 6.14. The van der Waals surface area contributed by atoms with Crippen molar-refractivity contribution in [1.82, 2.24) is 4.98 Å². The van der Waals surface area contributed by atoms with Crippen LogP contribution in [0.3, 0.4) is 0 Å². The highest BCUT2D eigenvalue weighted by Gasteiger charge is 2.56. The van der Waals surface area contributed by atoms with Gasteiger partial charge in [-0.05, 0) is 24.8 Å². The Bertz CT molecular complexity index is 564. The normalized spacial score (nSPS) is 15.5. The highest BCUT2D eigenvalue weighted by molar-refractivity contribution is 7.86. The van der Waals surface area contributed by atoms with E-state index < -0.39 is 34.7 Å². The highest BCUT2D eigenvalue weighted by atomic mass is 32.2. The van der Waals surface area contributed by atoms with E-state index in [1.54, 1.807) is 19.4 Å². The first-order valence-corrected chi connectivity index (χ1v) is 7.79. The van der Waals surface area contributed by atoms with E-state index in [-0.39, 0.29) is 5.25 Å². The molecule has 8 heteroatoms. The number of aromatic nitrogens is 1. The second-order valence-electron chi connectivity index (χ2n) is 4.47. The number of hydrogen-bond donors (Lipinski definition) is 0. The minimum atomic E-state index is -4.31. The van der Waals surface area contributed by atoms with E-state index in [9.17, 15) is 17.6 Å². The smallest absolute Gasteiger partial charge is 0.254 e. The van der Waals surface area contributed by atoms with Gasteiger partial charge < -0.3 is 0 Å². The maximum atomic E-state index is 13.7. The molecule has 1 aromatic heterocycles. The SMILES string of the molecule is CCC(F)(F)C(F)(F)c1ccc(C(C)S(C)=NC#N)cn1. The Balaban J connectivity index is 3.09. The lowest BCUT2D eigenvalue weighted by Gasteiger charge is -2.25. The highest BCUT2D eigenvalue weighted by Crippen LogP contribution is 2.44. The molecule has 3 nitrogen and oxygen atoms in total. The van der Waals surface area contributed by atoms with Crippen LogP contribution in [0.15, 0.2) is 22.7 Å². The molecule has 116 valence electrons. The summed E-state index contributed by atoms with van der Waals surface area (Å²) >= 11 is 0. The van der Waals surface area contributed by atoms with Gasteiger partial charge in [-0.15, -0.1) is 0 Å². The van der Waals surface area contributed by atoms with Crippen LogP contribution in [0.25, 0.3) is 0 Å². The van der Waals surface area contributed by atoms with Crippen molar-refractivity contribution in [3.63, 3.8) is 0 Å². The summed E-state index contributed by atoms with van der Waals surface area (Å²) in [5.41, 5.74) is -0.391. The Labute approximate surface area is 123 Å². The molecule has 1 aromatic rings. The Kier molecular flexibility index (Phi) is 5.45. The molecule has 0 fully saturated rings. The van der Waals surface area contributed by atoms with Gasteiger partial charge in [0.25, 0.3) is 0 Å². The van der Waals surface area contributed by atoms with Crippen LogP contribution in [-0.4, -0.2) is 17.2 Å². The van der Waals surface area contributed by atoms with Gasteiger partial charge in [-0.2, -0.15) is 27.2 Å². The third-order valence-corrected chi connectivity index (χ3v) is 4.84. The zero-order valence-corrected chi connectivity index (χ0v) is 12.6. The maximum absolute atomic E-state index is 13.7. The van der Waals surface area contributed by atoms with E-state index >= 15 is 0 Å². The van der Waals surface area contributed by atoms with Gasteiger partial charge in [0.05, 0.1) is 0 Å². The van der Waals surface area contributed by atoms with Gasteiger partial charge >= 0.3 is 11.8 Å². The third kappa shape index (κ3) is 3.59. The molecule has 1 heterocycles. The van der Waals surface area contributed by atoms with Gasteiger partial charge in [-0.25, -0.2) is 0 Å². The number of nitrogens with zero attached hydrogens (tertiary/aromatic N) is 3. The summed E-state index contributed by atoms with van der Waals surface area (Å²) in [4.78, 5) is 3.48. The molecule has 0 aliphatic rings. The Morgan fingerprint density at radius 2 is 2.00 bits per heavy atom. The predicted octanol–water partition coefficient (Wildman–Crippen LogP) is 4.19. The van der Waals surface area contributed by atoms with Crippen molar-refractivity contribution in [2.45, 2.75) is 37.4 Å². The van der Waals surface area contributed by atoms with Gasteiger partial charge in [0.15, 0.2) is 0 Å². The average Bonchev–Trinajstić information content (AvgIpc) is 2.46. The lowest BCUT2D eigenvalue weighted by molar-refractivity contribution is -0.219. The molecular formula is C13H15F4N3S. The van der Waals surface area contributed by atoms with E-state index in [2.05, 4.69) is 9.35 Å². The van der Waals surface area contributed by atoms with Crippen molar-refractivity contribution in [3.05, 3.63) is 29.6 Å². The van der Waals surface area contributed by atoms with Gasteiger partial charge in [-0.1, -0.05) is 23.7 Å². The van der Waals surface area contributed by atoms with Crippen LogP contribution in [0.1, 0.15) is 36.8 Å². The van der Waals surface area contributed by atoms with Crippen LogP contribution in [0.4, 0.5) is 17.6 Å². The fourth-order valence-electron chi connectivity index (χ4n) is 1.58. The molecular weight excluding hydrogens is 306 g/mol. The fourth-order valence-corrected chi connectivity index (χ4v) is 2.40. The number of pyridine rings is 1. The molecule has 21 heavy (non-hydrogen) atoms. The summed E-state index contributed by atoms with van der Waals surface area (Å²) in [6.07, 6.45) is 3.56. The standard InChI is InChI=1S/C13H15F4N3S/c1-4-12(14,15)13(16,17)11-6-5-10(7-19-11)9(2)21(3)20-8-18/h5-7,9H,4H2,1-3H3. The van der Waals surface area contributed by atoms with E-state index in [0.717, 1.165) is 19.2 Å². The molecule has 0 saturated carbocycles. The van der Waals surface area contributed by atoms with Gasteiger partial charge in [0.2, 0.25) is 6.19 Å². The second-order valence-corrected chi connectivity index (χ2v) is 6.40. The molecule has 0 spiro atoms. The lowest BCUT2D eigenvalue weighted by Crippen LogP contribution is -2.38. The molecule has 0 saturated heterocycles. The van der Waals surface area contributed by atoms with Crippen LogP contribution in [0, 0.1) is 11.5 Å². The molecule has 2 atom stereocenters. The minimum Gasteiger partial charge on any atom is -0.254 e. The lowest BCUT2D eigenvalue weighted by atomic mass is 10.0. The van der Waals surface area contributed by atoms with Crippen molar-refractivity contribution < 1.29 is 17.6 Å². The Morgan fingerprint density at radius 3 is 2.43 bits per heavy atom. The minimum absolute atomic E-state index is 0.202. The van der Waals surface area contributed by atoms with E-state index in [1.165, 1.54) is 6.07 Å². The van der Waals surface area contributed by atoms with Crippen molar-refractivity contribution >= 4 is 10.7 Å². The van der Waals surface area contributed by atoms with Crippen molar-refractivity contribution in [1.29, 1.82) is 5.26 Å². The summed E-state index contributed by atoms with van der Waals surface area (Å²) in [5, 5.41) is 8.29. The molecule has 0 aromatic carbocycles. The summed E-state index contributed by atoms with van der Waals surface area (Å²) in [7, 11) is -0.624. The van der Waals surface area contributed by atoms with Crippen LogP contribution in [0.2, 0.25) is 0 Å². The zero-order valence-electron chi connectivity index (χ0n) is 11.8. The number of nitriles is 1. The van der Waals surface area contributed by atoms with E-state index in [4.69, 9.17) is 5.26 Å². The summed E-state index contributed by atoms with van der Waals surface area (Å²) in [6.45, 7) is 2.76. The molecule has 0 bridgehead atoms. The second kappa shape index (κ2) is 6.52. The van der Waals surface area contributed by atoms with Crippen molar-refractivity contribution in [3.8, 4) is 6.19 Å². The molecule has 0 aliphatic carbocycles. The van der Waals surface area contributed by atoms with Gasteiger partial charge in [-0.3, -0.25) is 4.98 Å². The quantitative estimate of drug-likeness (QED) is 0.603. The number of halogens is 4. The van der Waals surface area contributed by atoms with E-state index in [0.29, 0.717) is 5.56 Å². The molecule has 0 amide bonds. The molecule has 0 radical (unpaired) electrons. The summed E-state index contributed by atoms with van der Waals surface area (Å²) in [5.74, 6) is -8.45. The topological polar surface area (TPSA) is 49.0 Å². The first-order chi connectivity index (χ1) is 9.67. The third-order valence-electron chi connectivity index (χ3n) is 3.18.